The van der Waals surface area contributed by atoms with E-state index in [0.29, 0.717) is 0 Å². The van der Waals surface area contributed by atoms with Gasteiger partial charge in [0, 0.05) is 0 Å². The summed E-state index contributed by atoms with van der Waals surface area (Å²) >= 11 is 0. The number of hydrogen-bond acceptors (Lipinski definition) is 3. The van der Waals surface area contributed by atoms with E-state index in [0.717, 1.165) is 11.5 Å². The van der Waals surface area contributed by atoms with Gasteiger partial charge in [-0.05, 0) is 26.0 Å². The summed E-state index contributed by atoms with van der Waals surface area (Å²) in [6.07, 6.45) is 0.0966. The monoisotopic (exact) mass is 180 g/mol. The molecule has 0 saturated carbocycles. The van der Waals surface area contributed by atoms with Crippen LogP contribution in [0, 0.1) is 0 Å². The summed E-state index contributed by atoms with van der Waals surface area (Å²) in [6.45, 7) is 3.29. The second-order valence-corrected chi connectivity index (χ2v) is 3.16. The van der Waals surface area contributed by atoms with Gasteiger partial charge >= 0.3 is 6.48 Å². The highest BCUT2D eigenvalue weighted by atomic mass is 16.9. The Morgan fingerprint density at radius 1 is 1.15 bits per heavy atom. The second-order valence-electron chi connectivity index (χ2n) is 3.16. The van der Waals surface area contributed by atoms with Gasteiger partial charge in [0.25, 0.3) is 0 Å². The fourth-order valence-corrected chi connectivity index (χ4v) is 1.15. The Kier molecular flexibility index (Phi) is 2.10. The summed E-state index contributed by atoms with van der Waals surface area (Å²) in [4.78, 5) is 0. The molecule has 70 valence electrons. The molecule has 0 atom stereocenters. The molecule has 0 N–H and O–H groups in total. The first-order chi connectivity index (χ1) is 6.25. The van der Waals surface area contributed by atoms with E-state index in [9.17, 15) is 0 Å². The van der Waals surface area contributed by atoms with Gasteiger partial charge in [-0.15, -0.1) is 0 Å². The van der Waals surface area contributed by atoms with Gasteiger partial charge in [-0.1, -0.05) is 12.1 Å². The summed E-state index contributed by atoms with van der Waals surface area (Å²) in [6, 6.07) is 7.53. The SMILES string of the molecule is CC(C)OC1Oc2ccccc2O1. The highest BCUT2D eigenvalue weighted by molar-refractivity contribution is 5.41. The number of benzene rings is 1. The first-order valence-electron chi connectivity index (χ1n) is 4.33. The quantitative estimate of drug-likeness (QED) is 0.698. The molecule has 0 saturated heterocycles. The van der Waals surface area contributed by atoms with Crippen LogP contribution in [0.4, 0.5) is 0 Å². The molecule has 3 nitrogen and oxygen atoms in total. The van der Waals surface area contributed by atoms with Crippen LogP contribution in [0.5, 0.6) is 11.5 Å². The summed E-state index contributed by atoms with van der Waals surface area (Å²) in [5, 5.41) is 0. The molecule has 0 aliphatic carbocycles. The molecule has 0 unspecified atom stereocenters. The molecular formula is C10H12O3. The molecule has 0 aromatic heterocycles. The molecule has 1 aliphatic heterocycles. The van der Waals surface area contributed by atoms with E-state index in [1.54, 1.807) is 0 Å². The zero-order valence-corrected chi connectivity index (χ0v) is 7.69. The van der Waals surface area contributed by atoms with E-state index in [1.807, 2.05) is 38.1 Å². The molecule has 0 fully saturated rings. The van der Waals surface area contributed by atoms with E-state index in [1.165, 1.54) is 0 Å². The van der Waals surface area contributed by atoms with Gasteiger partial charge < -0.3 is 14.2 Å². The lowest BCUT2D eigenvalue weighted by Gasteiger charge is -2.13. The maximum Gasteiger partial charge on any atom is 0.361 e. The molecule has 0 amide bonds. The lowest BCUT2D eigenvalue weighted by molar-refractivity contribution is -0.196. The predicted octanol–water partition coefficient (Wildman–Crippen LogP) is 2.17. The fraction of sp³-hybridized carbons (Fsp3) is 0.400. The van der Waals surface area contributed by atoms with Crippen LogP contribution in [0.2, 0.25) is 0 Å². The van der Waals surface area contributed by atoms with Crippen molar-refractivity contribution in [3.05, 3.63) is 24.3 Å². The van der Waals surface area contributed by atoms with Crippen LogP contribution in [0.25, 0.3) is 0 Å². The topological polar surface area (TPSA) is 27.7 Å². The minimum atomic E-state index is -0.586. The molecule has 1 heterocycles. The van der Waals surface area contributed by atoms with Gasteiger partial charge in [-0.2, -0.15) is 0 Å². The fourth-order valence-electron chi connectivity index (χ4n) is 1.15. The van der Waals surface area contributed by atoms with Crippen molar-refractivity contribution in [3.63, 3.8) is 0 Å². The van der Waals surface area contributed by atoms with Crippen molar-refractivity contribution in [2.75, 3.05) is 0 Å². The van der Waals surface area contributed by atoms with Crippen LogP contribution >= 0.6 is 0 Å². The zero-order valence-electron chi connectivity index (χ0n) is 7.69. The van der Waals surface area contributed by atoms with Gasteiger partial charge in [-0.3, -0.25) is 0 Å². The van der Waals surface area contributed by atoms with E-state index in [4.69, 9.17) is 14.2 Å². The number of hydrogen-bond donors (Lipinski definition) is 0. The van der Waals surface area contributed by atoms with Crippen molar-refractivity contribution in [2.24, 2.45) is 0 Å². The van der Waals surface area contributed by atoms with E-state index >= 15 is 0 Å². The zero-order chi connectivity index (χ0) is 9.26. The van der Waals surface area contributed by atoms with Gasteiger partial charge in [0.1, 0.15) is 0 Å². The average molecular weight is 180 g/mol. The summed E-state index contributed by atoms with van der Waals surface area (Å²) in [7, 11) is 0. The summed E-state index contributed by atoms with van der Waals surface area (Å²) in [5.74, 6) is 1.49. The van der Waals surface area contributed by atoms with Crippen LogP contribution in [0.1, 0.15) is 13.8 Å². The number of fused-ring (bicyclic) bond motifs is 1. The number of rotatable bonds is 2. The third kappa shape index (κ3) is 1.75. The third-order valence-electron chi connectivity index (χ3n) is 1.68. The maximum absolute atomic E-state index is 5.37. The molecule has 0 spiro atoms. The molecule has 3 heteroatoms. The van der Waals surface area contributed by atoms with Crippen LogP contribution in [-0.2, 0) is 4.74 Å². The van der Waals surface area contributed by atoms with Gasteiger partial charge in [0.05, 0.1) is 6.10 Å². The minimum absolute atomic E-state index is 0.0966. The van der Waals surface area contributed by atoms with Gasteiger partial charge in [0.15, 0.2) is 11.5 Å². The van der Waals surface area contributed by atoms with Crippen molar-refractivity contribution in [2.45, 2.75) is 26.4 Å². The molecule has 0 bridgehead atoms. The van der Waals surface area contributed by atoms with Crippen molar-refractivity contribution in [1.29, 1.82) is 0 Å². The number of para-hydroxylation sites is 2. The Labute approximate surface area is 77.2 Å². The van der Waals surface area contributed by atoms with E-state index < -0.39 is 6.48 Å². The van der Waals surface area contributed by atoms with Crippen LogP contribution in [0.15, 0.2) is 24.3 Å². The second kappa shape index (κ2) is 3.26. The first kappa shape index (κ1) is 8.38. The summed E-state index contributed by atoms with van der Waals surface area (Å²) in [5.41, 5.74) is 0. The van der Waals surface area contributed by atoms with Crippen molar-refractivity contribution >= 4 is 0 Å². The smallest absolute Gasteiger partial charge is 0.361 e. The van der Waals surface area contributed by atoms with Crippen molar-refractivity contribution < 1.29 is 14.2 Å². The molecule has 13 heavy (non-hydrogen) atoms. The van der Waals surface area contributed by atoms with Gasteiger partial charge in [-0.25, -0.2) is 0 Å². The van der Waals surface area contributed by atoms with Crippen molar-refractivity contribution in [1.82, 2.24) is 0 Å². The van der Waals surface area contributed by atoms with Crippen LogP contribution in [0.3, 0.4) is 0 Å². The third-order valence-corrected chi connectivity index (χ3v) is 1.68. The van der Waals surface area contributed by atoms with Gasteiger partial charge in [0.2, 0.25) is 0 Å². The normalized spacial score (nSPS) is 15.3. The largest absolute Gasteiger partial charge is 0.428 e. The highest BCUT2D eigenvalue weighted by Gasteiger charge is 2.24. The molecule has 2 rings (SSSR count). The van der Waals surface area contributed by atoms with Crippen molar-refractivity contribution in [3.8, 4) is 11.5 Å². The lowest BCUT2D eigenvalue weighted by atomic mass is 10.3. The lowest BCUT2D eigenvalue weighted by Crippen LogP contribution is -2.25. The molecule has 1 aromatic rings. The Morgan fingerprint density at radius 2 is 1.69 bits per heavy atom. The Bertz CT molecular complexity index is 271. The molecule has 1 aliphatic rings. The molecule has 0 radical (unpaired) electrons. The first-order valence-corrected chi connectivity index (χ1v) is 4.33. The summed E-state index contributed by atoms with van der Waals surface area (Å²) < 4.78 is 16.1. The maximum atomic E-state index is 5.37. The Balaban J connectivity index is 2.05. The van der Waals surface area contributed by atoms with Crippen LogP contribution < -0.4 is 9.47 Å². The average Bonchev–Trinajstić information content (AvgIpc) is 2.44. The Morgan fingerprint density at radius 3 is 2.15 bits per heavy atom. The Hall–Kier alpha value is -1.22. The predicted molar refractivity (Wildman–Crippen MR) is 47.7 cm³/mol. The number of ether oxygens (including phenoxy) is 3. The van der Waals surface area contributed by atoms with E-state index in [-0.39, 0.29) is 6.10 Å². The standard InChI is InChI=1S/C10H12O3/c1-7(2)11-10-12-8-5-3-4-6-9(8)13-10/h3-7,10H,1-2H3. The molecule has 1 aromatic carbocycles. The molecular weight excluding hydrogens is 168 g/mol. The van der Waals surface area contributed by atoms with Crippen LogP contribution in [-0.4, -0.2) is 12.6 Å². The highest BCUT2D eigenvalue weighted by Crippen LogP contribution is 2.34. The van der Waals surface area contributed by atoms with E-state index in [2.05, 4.69) is 0 Å². The minimum Gasteiger partial charge on any atom is -0.428 e.